The average Bonchev–Trinajstić information content (AvgIpc) is 3.84. The first-order valence-electron chi connectivity index (χ1n) is 15.5. The van der Waals surface area contributed by atoms with Crippen molar-refractivity contribution in [2.75, 3.05) is 0 Å². The van der Waals surface area contributed by atoms with Crippen LogP contribution < -0.4 is 0 Å². The SMILES string of the molecule is O=S(=O)([O-])c1c(S(=O)(=O)[O-])c(S(=O)(=O)[O-])c2c3nc4nc(nc5[nH]c(nc6nc(nc([nH]3)c2c1S(=O)(=O)[O-])-c1ccccc1-6)c1ccccc51)-c1ccccc1-4.[NaH].[NaH].[NaH].[NaH].[Ni+2].[Ni+2]. The maximum absolute atomic E-state index is 13.0. The number of nitrogens with zero attached hydrogens (tertiary/aromatic N) is 6. The zero-order valence-corrected chi connectivity index (χ0v) is 33.0. The molecule has 0 radical (unpaired) electrons. The second-order valence-corrected chi connectivity index (χ2v) is 17.4. The van der Waals surface area contributed by atoms with Gasteiger partial charge in [0.15, 0.2) is 23.3 Å². The van der Waals surface area contributed by atoms with Gasteiger partial charge in [0.05, 0.1) is 19.6 Å². The van der Waals surface area contributed by atoms with Crippen LogP contribution in [0.5, 0.6) is 0 Å². The summed E-state index contributed by atoms with van der Waals surface area (Å²) < 4.78 is 154. The summed E-state index contributed by atoms with van der Waals surface area (Å²) in [5.74, 6) is -0.637. The minimum atomic E-state index is -6.60. The third kappa shape index (κ3) is 9.52. The number of aromatic nitrogens is 8. The number of benzene rings is 4. The fourth-order valence-electron chi connectivity index (χ4n) is 6.72. The van der Waals surface area contributed by atoms with Crippen LogP contribution in [0.3, 0.4) is 0 Å². The summed E-state index contributed by atoms with van der Waals surface area (Å²) in [7, 11) is -26.0. The van der Waals surface area contributed by atoms with Crippen LogP contribution in [-0.4, -0.2) is 210 Å². The van der Waals surface area contributed by atoms with E-state index < -0.39 is 82.1 Å². The zero-order valence-electron chi connectivity index (χ0n) is 27.8. The number of fused-ring (bicyclic) bond motifs is 20. The van der Waals surface area contributed by atoms with Gasteiger partial charge in [0.1, 0.15) is 63.1 Å². The van der Waals surface area contributed by atoms with E-state index in [0.717, 1.165) is 0 Å². The third-order valence-corrected chi connectivity index (χ3v) is 12.8. The van der Waals surface area contributed by atoms with Crippen LogP contribution in [0.2, 0.25) is 0 Å². The quantitative estimate of drug-likeness (QED) is 0.171. The summed E-state index contributed by atoms with van der Waals surface area (Å²) in [5.41, 5.74) is -0.283. The Morgan fingerprint density at radius 1 is 0.355 bits per heavy atom. The van der Waals surface area contributed by atoms with E-state index in [0.29, 0.717) is 21.9 Å². The molecule has 5 heterocycles. The predicted octanol–water partition coefficient (Wildman–Crippen LogP) is -0.113. The van der Waals surface area contributed by atoms with Crippen LogP contribution >= 0.6 is 0 Å². The Hall–Kier alpha value is -1.13. The van der Waals surface area contributed by atoms with E-state index >= 15 is 0 Å². The Kier molecular flexibility index (Phi) is 17.5. The molecule has 0 saturated carbocycles. The first-order chi connectivity index (χ1) is 26.3. The largest absolute Gasteiger partial charge is 2.00 e. The van der Waals surface area contributed by atoms with Gasteiger partial charge in [-0.2, -0.15) is 0 Å². The van der Waals surface area contributed by atoms with Gasteiger partial charge >= 0.3 is 151 Å². The van der Waals surface area contributed by atoms with Crippen LogP contribution in [0.25, 0.3) is 89.7 Å². The normalized spacial score (nSPS) is 11.9. The standard InChI is InChI=1S/C32H18N8O12S4.4Na.2Ni.4H/c41-53(42,43)21-19-20(22(54(44,45)46)24(56(50,51)52)23(21)55(47,48)49)32-39-30-18-12-6-4-10-16(18)28(37-30)35-26-14-8-2-1-7-13(14)25(33-26)34-27-15-9-3-5-11-17(15)29(36-27)38-31(19)40-32;;;;;;;;;;/h1-12H,(H,41,42,43)(H,44,45,46)(H,47,48,49)(H,50,51,52)(H2,33,34,35,36,37,38,39,40);;;;;;;;;;/q;;;;;2*+2;;;;/p-4. The van der Waals surface area contributed by atoms with Crippen molar-refractivity contribution in [1.82, 2.24) is 39.9 Å². The Morgan fingerprint density at radius 3 is 0.871 bits per heavy atom. The van der Waals surface area contributed by atoms with Gasteiger partial charge in [-0.15, -0.1) is 0 Å². The summed E-state index contributed by atoms with van der Waals surface area (Å²) in [5, 5.41) is -1.56. The number of aromatic amines is 2. The summed E-state index contributed by atoms with van der Waals surface area (Å²) >= 11 is 0. The maximum atomic E-state index is 13.0. The fraction of sp³-hybridized carbons (Fsp3) is 0. The minimum absolute atomic E-state index is 0. The van der Waals surface area contributed by atoms with E-state index in [1.54, 1.807) is 60.7 Å². The Labute approximate surface area is 458 Å². The van der Waals surface area contributed by atoms with Gasteiger partial charge < -0.3 is 28.2 Å². The molecule has 2 N–H and O–H groups in total. The van der Waals surface area contributed by atoms with E-state index in [2.05, 4.69) is 29.9 Å². The predicted molar refractivity (Wildman–Crippen MR) is 217 cm³/mol. The molecule has 30 heteroatoms. The molecule has 20 nitrogen and oxygen atoms in total. The molecule has 2 aliphatic heterocycles. The monoisotopic (exact) mass is 1040 g/mol. The first-order valence-corrected chi connectivity index (χ1v) is 21.1. The van der Waals surface area contributed by atoms with Crippen molar-refractivity contribution in [2.45, 2.75) is 19.6 Å². The number of nitrogens with one attached hydrogen (secondary N) is 2. The first kappa shape index (κ1) is 55.2. The third-order valence-electron chi connectivity index (χ3n) is 8.82. The number of rotatable bonds is 4. The molecule has 7 aromatic rings. The molecule has 4 aromatic carbocycles. The van der Waals surface area contributed by atoms with E-state index in [1.165, 1.54) is 12.1 Å². The Balaban J connectivity index is 0.00000171. The zero-order chi connectivity index (χ0) is 39.7. The molecule has 0 saturated heterocycles. The molecular formula is C32H18N8Na4Ni2O12S4. The Morgan fingerprint density at radius 2 is 0.597 bits per heavy atom. The molecule has 62 heavy (non-hydrogen) atoms. The van der Waals surface area contributed by atoms with Crippen molar-refractivity contribution >= 4 is 203 Å². The molecule has 9 rings (SSSR count). The van der Waals surface area contributed by atoms with Crippen molar-refractivity contribution < 1.29 is 84.9 Å². The van der Waals surface area contributed by atoms with E-state index in [-0.39, 0.29) is 197 Å². The van der Waals surface area contributed by atoms with E-state index in [4.69, 9.17) is 9.97 Å². The van der Waals surface area contributed by atoms with E-state index in [9.17, 15) is 51.9 Å². The molecule has 306 valence electrons. The smallest absolute Gasteiger partial charge is 2.00 e. The van der Waals surface area contributed by atoms with Gasteiger partial charge in [-0.1, -0.05) is 72.8 Å². The van der Waals surface area contributed by atoms with Crippen LogP contribution in [0, 0.1) is 0 Å². The summed E-state index contributed by atoms with van der Waals surface area (Å²) in [6.07, 6.45) is 0. The molecule has 0 atom stereocenters. The van der Waals surface area contributed by atoms with Crippen molar-refractivity contribution in [2.24, 2.45) is 0 Å². The van der Waals surface area contributed by atoms with Gasteiger partial charge in [-0.25, -0.2) is 63.6 Å². The second kappa shape index (κ2) is 19.6. The number of H-pyrrole nitrogens is 2. The molecule has 8 bridgehead atoms. The molecular weight excluding hydrogens is 1030 g/mol. The van der Waals surface area contributed by atoms with Crippen LogP contribution in [0.1, 0.15) is 0 Å². The van der Waals surface area contributed by atoms with Gasteiger partial charge in [0.25, 0.3) is 0 Å². The van der Waals surface area contributed by atoms with Gasteiger partial charge in [-0.3, -0.25) is 0 Å². The second-order valence-electron chi connectivity index (χ2n) is 12.1. The summed E-state index contributed by atoms with van der Waals surface area (Å²) in [4.78, 5) is 23.0. The molecule has 3 aromatic heterocycles. The number of hydrogen-bond acceptors (Lipinski definition) is 18. The molecule has 0 aliphatic carbocycles. The molecule has 2 aliphatic rings. The fourth-order valence-corrected chi connectivity index (χ4v) is 11.6. The van der Waals surface area contributed by atoms with E-state index in [1.807, 2.05) is 0 Å². The topological polar surface area (TPSA) is 338 Å². The van der Waals surface area contributed by atoms with Crippen molar-refractivity contribution in [1.29, 1.82) is 0 Å². The van der Waals surface area contributed by atoms with Crippen LogP contribution in [0.15, 0.2) is 92.4 Å². The van der Waals surface area contributed by atoms with Crippen molar-refractivity contribution in [3.8, 4) is 45.6 Å². The molecule has 0 fully saturated rings. The minimum Gasteiger partial charge on any atom is 2.00 e. The summed E-state index contributed by atoms with van der Waals surface area (Å²) in [6, 6.07) is 19.6. The average molecular weight is 1040 g/mol. The number of hydrogen-bond donors (Lipinski definition) is 2. The maximum Gasteiger partial charge on any atom is 2.00 e. The van der Waals surface area contributed by atoms with Gasteiger partial charge in [0, 0.05) is 43.8 Å². The van der Waals surface area contributed by atoms with Crippen molar-refractivity contribution in [3.05, 3.63) is 72.8 Å². The van der Waals surface area contributed by atoms with Crippen LogP contribution in [-0.2, 0) is 73.5 Å². The molecule has 0 amide bonds. The Bertz CT molecular complexity index is 3410. The van der Waals surface area contributed by atoms with Gasteiger partial charge in [0.2, 0.25) is 0 Å². The molecule has 0 unspecified atom stereocenters. The molecule has 0 spiro atoms. The van der Waals surface area contributed by atoms with Crippen LogP contribution in [0.4, 0.5) is 0 Å². The van der Waals surface area contributed by atoms with Crippen molar-refractivity contribution in [3.63, 3.8) is 0 Å². The van der Waals surface area contributed by atoms with Gasteiger partial charge in [-0.05, 0) is 0 Å². The summed E-state index contributed by atoms with van der Waals surface area (Å²) in [6.45, 7) is 0.